The molecular formula is C19H25F3N2O2. The Labute approximate surface area is 151 Å². The highest BCUT2D eigenvalue weighted by atomic mass is 19.4. The number of alkyl halides is 3. The van der Waals surface area contributed by atoms with E-state index in [1.165, 1.54) is 13.0 Å². The normalized spacial score (nSPS) is 19.0. The molecule has 1 saturated heterocycles. The molecule has 2 aliphatic rings. The molecular weight excluding hydrogens is 345 g/mol. The van der Waals surface area contributed by atoms with Crippen LogP contribution < -0.4 is 10.2 Å². The van der Waals surface area contributed by atoms with Gasteiger partial charge >= 0.3 is 6.18 Å². The summed E-state index contributed by atoms with van der Waals surface area (Å²) in [6.45, 7) is 3.11. The summed E-state index contributed by atoms with van der Waals surface area (Å²) >= 11 is 0. The van der Waals surface area contributed by atoms with Crippen molar-refractivity contribution >= 4 is 17.3 Å². The van der Waals surface area contributed by atoms with Crippen molar-refractivity contribution < 1.29 is 22.7 Å². The molecule has 0 unspecified atom stereocenters. The van der Waals surface area contributed by atoms with Crippen LogP contribution in [-0.4, -0.2) is 32.2 Å². The first-order chi connectivity index (χ1) is 12.4. The highest BCUT2D eigenvalue weighted by Gasteiger charge is 2.38. The third kappa shape index (κ3) is 4.31. The zero-order valence-electron chi connectivity index (χ0n) is 15.0. The van der Waals surface area contributed by atoms with Crippen LogP contribution in [0.2, 0.25) is 0 Å². The first-order valence-corrected chi connectivity index (χ1v) is 9.19. The summed E-state index contributed by atoms with van der Waals surface area (Å²) in [6.07, 6.45) is 0.204. The molecule has 1 amide bonds. The number of anilines is 2. The van der Waals surface area contributed by atoms with E-state index in [1.54, 1.807) is 11.0 Å². The van der Waals surface area contributed by atoms with Crippen molar-refractivity contribution in [1.29, 1.82) is 0 Å². The van der Waals surface area contributed by atoms with Gasteiger partial charge in [-0.2, -0.15) is 13.2 Å². The maximum Gasteiger partial charge on any atom is 0.418 e. The number of halogens is 3. The summed E-state index contributed by atoms with van der Waals surface area (Å²) in [5.41, 5.74) is -0.191. The monoisotopic (exact) mass is 370 g/mol. The van der Waals surface area contributed by atoms with E-state index >= 15 is 0 Å². The number of hydrogen-bond acceptors (Lipinski definition) is 3. The van der Waals surface area contributed by atoms with Crippen molar-refractivity contribution in [2.45, 2.75) is 45.2 Å². The Bertz CT molecular complexity index is 649. The number of ether oxygens (including phenoxy) is 1. The SMILES string of the molecule is Cc1c(NC(=O)CC2CCCC2)ccc(N2CCOCC2)c1C(F)(F)F. The predicted octanol–water partition coefficient (Wildman–Crippen LogP) is 4.37. The smallest absolute Gasteiger partial charge is 0.378 e. The number of amides is 1. The van der Waals surface area contributed by atoms with Crippen LogP contribution in [0.1, 0.15) is 43.2 Å². The minimum Gasteiger partial charge on any atom is -0.378 e. The molecule has 4 nitrogen and oxygen atoms in total. The number of rotatable bonds is 4. The Kier molecular flexibility index (Phi) is 5.75. The second-order valence-corrected chi connectivity index (χ2v) is 7.13. The van der Waals surface area contributed by atoms with Gasteiger partial charge in [-0.15, -0.1) is 0 Å². The first-order valence-electron chi connectivity index (χ1n) is 9.19. The van der Waals surface area contributed by atoms with Gasteiger partial charge in [0.2, 0.25) is 5.91 Å². The van der Waals surface area contributed by atoms with Crippen molar-refractivity contribution in [3.8, 4) is 0 Å². The van der Waals surface area contributed by atoms with Crippen LogP contribution in [0.5, 0.6) is 0 Å². The fraction of sp³-hybridized carbons (Fsp3) is 0.632. The topological polar surface area (TPSA) is 41.6 Å². The van der Waals surface area contributed by atoms with Crippen LogP contribution in [0.4, 0.5) is 24.5 Å². The summed E-state index contributed by atoms with van der Waals surface area (Å²) in [7, 11) is 0. The number of nitrogens with one attached hydrogen (secondary N) is 1. The maximum atomic E-state index is 13.7. The van der Waals surface area contributed by atoms with E-state index in [-0.39, 0.29) is 22.8 Å². The van der Waals surface area contributed by atoms with Gasteiger partial charge < -0.3 is 15.0 Å². The van der Waals surface area contributed by atoms with E-state index in [0.29, 0.717) is 38.6 Å². The summed E-state index contributed by atoms with van der Waals surface area (Å²) in [4.78, 5) is 13.9. The van der Waals surface area contributed by atoms with Crippen LogP contribution in [0.15, 0.2) is 12.1 Å². The average molecular weight is 370 g/mol. The molecule has 1 saturated carbocycles. The van der Waals surface area contributed by atoms with Gasteiger partial charge in [0, 0.05) is 30.9 Å². The zero-order valence-corrected chi connectivity index (χ0v) is 15.0. The molecule has 1 aliphatic heterocycles. The zero-order chi connectivity index (χ0) is 18.7. The van der Waals surface area contributed by atoms with E-state index < -0.39 is 11.7 Å². The molecule has 1 aromatic carbocycles. The molecule has 1 N–H and O–H groups in total. The number of carbonyl (C=O) groups excluding carboxylic acids is 1. The molecule has 144 valence electrons. The van der Waals surface area contributed by atoms with E-state index in [9.17, 15) is 18.0 Å². The van der Waals surface area contributed by atoms with Gasteiger partial charge in [-0.25, -0.2) is 0 Å². The van der Waals surface area contributed by atoms with Crippen molar-refractivity contribution in [1.82, 2.24) is 0 Å². The second-order valence-electron chi connectivity index (χ2n) is 7.13. The lowest BCUT2D eigenvalue weighted by Crippen LogP contribution is -2.37. The van der Waals surface area contributed by atoms with Gasteiger partial charge in [0.05, 0.1) is 18.8 Å². The second kappa shape index (κ2) is 7.86. The molecule has 0 spiro atoms. The number of nitrogens with zero attached hydrogens (tertiary/aromatic N) is 1. The summed E-state index contributed by atoms with van der Waals surface area (Å²) in [5, 5.41) is 2.70. The molecule has 26 heavy (non-hydrogen) atoms. The molecule has 2 fully saturated rings. The van der Waals surface area contributed by atoms with Gasteiger partial charge in [-0.05, 0) is 43.4 Å². The number of benzene rings is 1. The predicted molar refractivity (Wildman–Crippen MR) is 94.4 cm³/mol. The third-order valence-electron chi connectivity index (χ3n) is 5.30. The summed E-state index contributed by atoms with van der Waals surface area (Å²) in [5.74, 6) is 0.150. The van der Waals surface area contributed by atoms with E-state index in [4.69, 9.17) is 4.74 Å². The highest BCUT2D eigenvalue weighted by Crippen LogP contribution is 2.42. The summed E-state index contributed by atoms with van der Waals surface area (Å²) in [6, 6.07) is 3.05. The van der Waals surface area contributed by atoms with Gasteiger partial charge in [0.1, 0.15) is 0 Å². The third-order valence-corrected chi connectivity index (χ3v) is 5.30. The minimum absolute atomic E-state index is 0.0706. The molecule has 0 aromatic heterocycles. The molecule has 1 aromatic rings. The lowest BCUT2D eigenvalue weighted by molar-refractivity contribution is -0.137. The van der Waals surface area contributed by atoms with E-state index in [1.807, 2.05) is 0 Å². The molecule has 0 radical (unpaired) electrons. The minimum atomic E-state index is -4.48. The van der Waals surface area contributed by atoms with Crippen molar-refractivity contribution in [2.24, 2.45) is 5.92 Å². The molecule has 3 rings (SSSR count). The standard InChI is InChI=1S/C19H25F3N2O2/c1-13-15(23-17(25)12-14-4-2-3-5-14)6-7-16(18(13)19(20,21)22)24-8-10-26-11-9-24/h6-7,14H,2-5,8-12H2,1H3,(H,23,25). The van der Waals surface area contributed by atoms with Gasteiger partial charge in [-0.1, -0.05) is 12.8 Å². The van der Waals surface area contributed by atoms with Crippen molar-refractivity contribution in [2.75, 3.05) is 36.5 Å². The molecule has 0 atom stereocenters. The average Bonchev–Trinajstić information content (AvgIpc) is 3.09. The number of morpholine rings is 1. The maximum absolute atomic E-state index is 13.7. The van der Waals surface area contributed by atoms with Crippen LogP contribution in [0.3, 0.4) is 0 Å². The number of hydrogen-bond donors (Lipinski definition) is 1. The quantitative estimate of drug-likeness (QED) is 0.856. The molecule has 1 heterocycles. The Morgan fingerprint density at radius 2 is 1.88 bits per heavy atom. The van der Waals surface area contributed by atoms with Gasteiger partial charge in [0.15, 0.2) is 0 Å². The molecule has 1 aliphatic carbocycles. The lowest BCUT2D eigenvalue weighted by atomic mass is 10.0. The van der Waals surface area contributed by atoms with Gasteiger partial charge in [0.25, 0.3) is 0 Å². The largest absolute Gasteiger partial charge is 0.418 e. The Morgan fingerprint density at radius 1 is 1.23 bits per heavy atom. The molecule has 0 bridgehead atoms. The van der Waals surface area contributed by atoms with Crippen LogP contribution in [0, 0.1) is 12.8 Å². The Hall–Kier alpha value is -1.76. The fourth-order valence-corrected chi connectivity index (χ4v) is 3.94. The van der Waals surface area contributed by atoms with Crippen LogP contribution >= 0.6 is 0 Å². The molecule has 7 heteroatoms. The van der Waals surface area contributed by atoms with Crippen LogP contribution in [-0.2, 0) is 15.7 Å². The highest BCUT2D eigenvalue weighted by molar-refractivity contribution is 5.92. The Morgan fingerprint density at radius 3 is 2.50 bits per heavy atom. The fourth-order valence-electron chi connectivity index (χ4n) is 3.94. The van der Waals surface area contributed by atoms with Gasteiger partial charge in [-0.3, -0.25) is 4.79 Å². The Balaban J connectivity index is 1.83. The van der Waals surface area contributed by atoms with E-state index in [0.717, 1.165) is 25.7 Å². The number of carbonyl (C=O) groups is 1. The van der Waals surface area contributed by atoms with Crippen LogP contribution in [0.25, 0.3) is 0 Å². The van der Waals surface area contributed by atoms with E-state index in [2.05, 4.69) is 5.32 Å². The lowest BCUT2D eigenvalue weighted by Gasteiger charge is -2.32. The van der Waals surface area contributed by atoms with Crippen molar-refractivity contribution in [3.63, 3.8) is 0 Å². The van der Waals surface area contributed by atoms with Crippen molar-refractivity contribution in [3.05, 3.63) is 23.3 Å². The summed E-state index contributed by atoms with van der Waals surface area (Å²) < 4.78 is 46.5. The first kappa shape index (κ1) is 19.0.